The second-order valence-electron chi connectivity index (χ2n) is 2.83. The lowest BCUT2D eigenvalue weighted by Crippen LogP contribution is -1.98. The van der Waals surface area contributed by atoms with E-state index in [0.29, 0.717) is 6.54 Å². The van der Waals surface area contributed by atoms with Crippen molar-refractivity contribution in [2.75, 3.05) is 19.2 Å². The summed E-state index contributed by atoms with van der Waals surface area (Å²) in [6, 6.07) is 0. The number of nitrogens with zero attached hydrogens (tertiary/aromatic N) is 2. The Morgan fingerprint density at radius 2 is 2.33 bits per heavy atom. The summed E-state index contributed by atoms with van der Waals surface area (Å²) in [6.07, 6.45) is 7.44. The van der Waals surface area contributed by atoms with Crippen molar-refractivity contribution in [2.45, 2.75) is 11.4 Å². The van der Waals surface area contributed by atoms with E-state index in [1.54, 1.807) is 10.9 Å². The van der Waals surface area contributed by atoms with Gasteiger partial charge in [-0.3, -0.25) is 4.68 Å². The van der Waals surface area contributed by atoms with E-state index in [4.69, 9.17) is 10.7 Å². The fraction of sp³-hybridized carbons (Fsp3) is 0.571. The van der Waals surface area contributed by atoms with Gasteiger partial charge in [0.05, 0.1) is 12.7 Å². The van der Waals surface area contributed by atoms with Crippen molar-refractivity contribution in [1.82, 2.24) is 9.78 Å². The number of aromatic nitrogens is 2. The van der Waals surface area contributed by atoms with Crippen molar-refractivity contribution in [3.8, 4) is 0 Å². The molecule has 0 amide bonds. The van der Waals surface area contributed by atoms with E-state index < -0.39 is 9.24 Å². The lowest BCUT2D eigenvalue weighted by atomic mass is 10.7. The van der Waals surface area contributed by atoms with Crippen LogP contribution < -0.4 is 0 Å². The van der Waals surface area contributed by atoms with Gasteiger partial charge in [-0.2, -0.15) is 5.10 Å². The number of aryl methyl sites for hydroxylation is 1. The van der Waals surface area contributed by atoms with Crippen LogP contribution in [0, 0.1) is 0 Å². The van der Waals surface area contributed by atoms with E-state index in [0.717, 1.165) is 4.90 Å². The summed E-state index contributed by atoms with van der Waals surface area (Å²) in [5.41, 5.74) is 0. The molecule has 0 saturated carbocycles. The van der Waals surface area contributed by atoms with Crippen LogP contribution in [0.2, 0.25) is 0 Å². The minimum Gasteiger partial charge on any atom is -0.269 e. The normalized spacial score (nSPS) is 13.3. The van der Waals surface area contributed by atoms with Gasteiger partial charge in [0.15, 0.2) is 0 Å². The zero-order chi connectivity index (χ0) is 9.19. The lowest BCUT2D eigenvalue weighted by Gasteiger charge is -2.18. The summed E-state index contributed by atoms with van der Waals surface area (Å²) >= 11 is 0. The van der Waals surface area contributed by atoms with E-state index in [1.807, 2.05) is 18.7 Å². The van der Waals surface area contributed by atoms with Crippen molar-refractivity contribution in [3.63, 3.8) is 0 Å². The van der Waals surface area contributed by atoms with Gasteiger partial charge in [0.2, 0.25) is 0 Å². The van der Waals surface area contributed by atoms with Crippen LogP contribution in [0.4, 0.5) is 4.39 Å². The van der Waals surface area contributed by atoms with Crippen LogP contribution in [0.5, 0.6) is 0 Å². The molecule has 0 fully saturated rings. The number of halogens is 2. The van der Waals surface area contributed by atoms with Crippen molar-refractivity contribution in [2.24, 2.45) is 0 Å². The third-order valence-electron chi connectivity index (χ3n) is 1.48. The summed E-state index contributed by atoms with van der Waals surface area (Å²) in [4.78, 5) is 0.998. The molecule has 0 saturated heterocycles. The van der Waals surface area contributed by atoms with E-state index in [1.165, 1.54) is 0 Å². The van der Waals surface area contributed by atoms with Crippen LogP contribution in [0.15, 0.2) is 17.3 Å². The molecule has 12 heavy (non-hydrogen) atoms. The Labute approximate surface area is 77.5 Å². The highest BCUT2D eigenvalue weighted by molar-refractivity contribution is 8.50. The first-order chi connectivity index (χ1) is 5.54. The van der Waals surface area contributed by atoms with Gasteiger partial charge >= 0.3 is 0 Å². The summed E-state index contributed by atoms with van der Waals surface area (Å²) in [5, 5.41) is 3.99. The van der Waals surface area contributed by atoms with Crippen LogP contribution in [-0.4, -0.2) is 29.0 Å². The molecule has 2 nitrogen and oxygen atoms in total. The maximum Gasteiger partial charge on any atom is 0.109 e. The Morgan fingerprint density at radius 3 is 2.75 bits per heavy atom. The van der Waals surface area contributed by atoms with Crippen LogP contribution in [-0.2, 0) is 6.54 Å². The molecule has 0 bridgehead atoms. The third-order valence-corrected chi connectivity index (χ3v) is 3.35. The second kappa shape index (κ2) is 3.66. The molecule has 1 rings (SSSR count). The number of rotatable bonds is 3. The number of hydrogen-bond acceptors (Lipinski definition) is 1. The van der Waals surface area contributed by atoms with E-state index in [2.05, 4.69) is 5.10 Å². The molecule has 70 valence electrons. The SMILES string of the molecule is CS(C)(Cl)c1cnn(CCF)c1. The second-order valence-corrected chi connectivity index (χ2v) is 8.02. The van der Waals surface area contributed by atoms with Crippen molar-refractivity contribution >= 4 is 19.9 Å². The number of hydrogen-bond donors (Lipinski definition) is 0. The molecule has 5 heteroatoms. The predicted molar refractivity (Wildman–Crippen MR) is 51.8 cm³/mol. The molecular weight excluding hydrogens is 199 g/mol. The molecule has 0 spiro atoms. The Bertz CT molecular complexity index is 256. The molecule has 1 aromatic heterocycles. The van der Waals surface area contributed by atoms with Crippen LogP contribution in [0.25, 0.3) is 0 Å². The first-order valence-electron chi connectivity index (χ1n) is 3.55. The minimum absolute atomic E-state index is 0.312. The average Bonchev–Trinajstić information content (AvgIpc) is 2.35. The number of alkyl halides is 1. The Balaban J connectivity index is 2.77. The van der Waals surface area contributed by atoms with Gasteiger partial charge in [0.1, 0.15) is 6.67 Å². The molecule has 0 aliphatic rings. The van der Waals surface area contributed by atoms with Gasteiger partial charge in [-0.05, 0) is 12.5 Å². The quantitative estimate of drug-likeness (QED) is 0.750. The molecule has 0 aromatic carbocycles. The zero-order valence-electron chi connectivity index (χ0n) is 7.13. The largest absolute Gasteiger partial charge is 0.269 e. The lowest BCUT2D eigenvalue weighted by molar-refractivity contribution is 0.427. The first-order valence-corrected chi connectivity index (χ1v) is 6.83. The summed E-state index contributed by atoms with van der Waals surface area (Å²) in [7, 11) is 4.87. The van der Waals surface area contributed by atoms with Gasteiger partial charge in [-0.25, -0.2) is 4.39 Å². The monoisotopic (exact) mass is 210 g/mol. The topological polar surface area (TPSA) is 17.8 Å². The van der Waals surface area contributed by atoms with E-state index >= 15 is 0 Å². The summed E-state index contributed by atoms with van der Waals surface area (Å²) in [5.74, 6) is 0. The fourth-order valence-electron chi connectivity index (χ4n) is 0.804. The van der Waals surface area contributed by atoms with Crippen LogP contribution >= 0.6 is 19.9 Å². The fourth-order valence-corrected chi connectivity index (χ4v) is 1.71. The first kappa shape index (κ1) is 9.86. The molecule has 0 radical (unpaired) electrons. The van der Waals surface area contributed by atoms with Crippen LogP contribution in [0.3, 0.4) is 0 Å². The molecule has 0 aliphatic heterocycles. The molecule has 0 atom stereocenters. The molecule has 0 unspecified atom stereocenters. The van der Waals surface area contributed by atoms with Gasteiger partial charge < -0.3 is 0 Å². The molecule has 0 aliphatic carbocycles. The summed E-state index contributed by atoms with van der Waals surface area (Å²) < 4.78 is 13.5. The highest BCUT2D eigenvalue weighted by Crippen LogP contribution is 2.53. The maximum absolute atomic E-state index is 11.9. The van der Waals surface area contributed by atoms with Crippen molar-refractivity contribution < 1.29 is 4.39 Å². The van der Waals surface area contributed by atoms with Crippen molar-refractivity contribution in [1.29, 1.82) is 0 Å². The van der Waals surface area contributed by atoms with E-state index in [9.17, 15) is 4.39 Å². The highest BCUT2D eigenvalue weighted by Gasteiger charge is 2.12. The van der Waals surface area contributed by atoms with Gasteiger partial charge in [-0.1, -0.05) is 10.7 Å². The molecular formula is C7H12ClFN2S. The Kier molecular flexibility index (Phi) is 3.01. The maximum atomic E-state index is 11.9. The Morgan fingerprint density at radius 1 is 1.67 bits per heavy atom. The van der Waals surface area contributed by atoms with E-state index in [-0.39, 0.29) is 6.67 Å². The third kappa shape index (κ3) is 2.38. The van der Waals surface area contributed by atoms with Crippen LogP contribution in [0.1, 0.15) is 0 Å². The minimum atomic E-state index is -1.23. The predicted octanol–water partition coefficient (Wildman–Crippen LogP) is 2.43. The van der Waals surface area contributed by atoms with Gasteiger partial charge in [-0.15, -0.1) is 9.24 Å². The van der Waals surface area contributed by atoms with Gasteiger partial charge in [0.25, 0.3) is 0 Å². The van der Waals surface area contributed by atoms with Gasteiger partial charge in [0, 0.05) is 11.1 Å². The highest BCUT2D eigenvalue weighted by atomic mass is 35.7. The molecule has 1 heterocycles. The Hall–Kier alpha value is -0.220. The zero-order valence-corrected chi connectivity index (χ0v) is 8.70. The average molecular weight is 211 g/mol. The smallest absolute Gasteiger partial charge is 0.109 e. The molecule has 1 aromatic rings. The van der Waals surface area contributed by atoms with Crippen molar-refractivity contribution in [3.05, 3.63) is 12.4 Å². The summed E-state index contributed by atoms with van der Waals surface area (Å²) in [6.45, 7) is -0.0778. The standard InChI is InChI=1S/C7H12ClFN2S/c1-12(2,8)7-5-10-11(6-7)4-3-9/h5-6H,3-4H2,1-2H3. The molecule has 0 N–H and O–H groups in total.